The fourth-order valence-electron chi connectivity index (χ4n) is 1.20. The van der Waals surface area contributed by atoms with E-state index in [-0.39, 0.29) is 5.82 Å². The van der Waals surface area contributed by atoms with Crippen LogP contribution in [0.2, 0.25) is 0 Å². The summed E-state index contributed by atoms with van der Waals surface area (Å²) >= 11 is 2.03. The number of aryl methyl sites for hydroxylation is 1. The van der Waals surface area contributed by atoms with Crippen LogP contribution in [0.5, 0.6) is 0 Å². The molecule has 1 aromatic rings. The average molecular weight is 345 g/mol. The van der Waals surface area contributed by atoms with Gasteiger partial charge in [-0.1, -0.05) is 6.92 Å². The molecule has 16 heavy (non-hydrogen) atoms. The summed E-state index contributed by atoms with van der Waals surface area (Å²) < 4.78 is 37.4. The van der Waals surface area contributed by atoms with Crippen molar-refractivity contribution in [3.8, 4) is 0 Å². The summed E-state index contributed by atoms with van der Waals surface area (Å²) in [6.45, 7) is 1.85. The zero-order valence-corrected chi connectivity index (χ0v) is 11.0. The fraction of sp³-hybridized carbons (Fsp3) is 0.556. The van der Waals surface area contributed by atoms with Gasteiger partial charge in [0.1, 0.15) is 18.1 Å². The first-order valence-corrected chi connectivity index (χ1v) is 5.75. The van der Waals surface area contributed by atoms with E-state index in [4.69, 9.17) is 0 Å². The van der Waals surface area contributed by atoms with Gasteiger partial charge in [0, 0.05) is 7.05 Å². The van der Waals surface area contributed by atoms with E-state index < -0.39 is 12.6 Å². The minimum absolute atomic E-state index is 0.186. The third-order valence-corrected chi connectivity index (χ3v) is 3.03. The topological polar surface area (TPSA) is 37.8 Å². The van der Waals surface area contributed by atoms with Gasteiger partial charge in [-0.15, -0.1) is 0 Å². The number of nitrogens with zero attached hydrogens (tertiary/aromatic N) is 2. The summed E-state index contributed by atoms with van der Waals surface area (Å²) in [5, 5.41) is 2.77. The second kappa shape index (κ2) is 5.15. The Kier molecular flexibility index (Phi) is 4.34. The molecule has 3 nitrogen and oxygen atoms in total. The molecule has 0 radical (unpaired) electrons. The molecule has 0 saturated carbocycles. The van der Waals surface area contributed by atoms with E-state index in [2.05, 4.69) is 15.3 Å². The lowest BCUT2D eigenvalue weighted by Crippen LogP contribution is -2.16. The molecule has 7 heteroatoms. The van der Waals surface area contributed by atoms with Crippen LogP contribution in [-0.4, -0.2) is 23.2 Å². The summed E-state index contributed by atoms with van der Waals surface area (Å²) in [6.07, 6.45) is -4.78. The SMILES string of the molecule is CCc1nc(CC(F)(F)F)nc(NC)c1I. The van der Waals surface area contributed by atoms with Gasteiger partial charge in [0.05, 0.1) is 9.26 Å². The van der Waals surface area contributed by atoms with Crippen LogP contribution in [0.4, 0.5) is 19.0 Å². The molecule has 0 bridgehead atoms. The number of halogens is 4. The zero-order chi connectivity index (χ0) is 12.3. The molecule has 0 fully saturated rings. The van der Waals surface area contributed by atoms with E-state index in [0.717, 1.165) is 3.57 Å². The highest BCUT2D eigenvalue weighted by atomic mass is 127. The molecule has 0 aromatic carbocycles. The molecule has 0 saturated heterocycles. The van der Waals surface area contributed by atoms with Crippen LogP contribution in [0, 0.1) is 3.57 Å². The van der Waals surface area contributed by atoms with Crippen LogP contribution >= 0.6 is 22.6 Å². The van der Waals surface area contributed by atoms with Crippen LogP contribution < -0.4 is 5.32 Å². The van der Waals surface area contributed by atoms with Crippen molar-refractivity contribution in [2.24, 2.45) is 0 Å². The summed E-state index contributed by atoms with van der Waals surface area (Å²) in [4.78, 5) is 7.74. The van der Waals surface area contributed by atoms with Crippen molar-refractivity contribution in [1.82, 2.24) is 9.97 Å². The average Bonchev–Trinajstić information content (AvgIpc) is 2.18. The van der Waals surface area contributed by atoms with Gasteiger partial charge in [0.25, 0.3) is 0 Å². The first kappa shape index (κ1) is 13.5. The maximum atomic E-state index is 12.2. The molecule has 0 unspecified atom stereocenters. The van der Waals surface area contributed by atoms with Crippen molar-refractivity contribution in [2.75, 3.05) is 12.4 Å². The Morgan fingerprint density at radius 1 is 1.31 bits per heavy atom. The molecule has 0 aliphatic rings. The van der Waals surface area contributed by atoms with Crippen LogP contribution in [0.25, 0.3) is 0 Å². The van der Waals surface area contributed by atoms with Crippen molar-refractivity contribution in [2.45, 2.75) is 25.9 Å². The van der Waals surface area contributed by atoms with Gasteiger partial charge in [0.2, 0.25) is 0 Å². The minimum atomic E-state index is -4.27. The smallest absolute Gasteiger partial charge is 0.372 e. The quantitative estimate of drug-likeness (QED) is 0.857. The van der Waals surface area contributed by atoms with Crippen molar-refractivity contribution >= 4 is 28.4 Å². The Bertz CT molecular complexity index is 354. The first-order valence-electron chi connectivity index (χ1n) is 4.67. The molecular formula is C9H11F3IN3. The van der Waals surface area contributed by atoms with E-state index in [1.165, 1.54) is 0 Å². The van der Waals surface area contributed by atoms with Crippen molar-refractivity contribution in [3.63, 3.8) is 0 Å². The van der Waals surface area contributed by atoms with Gasteiger partial charge in [-0.2, -0.15) is 13.2 Å². The largest absolute Gasteiger partial charge is 0.396 e. The summed E-state index contributed by atoms with van der Waals surface area (Å²) in [5.74, 6) is 0.265. The van der Waals surface area contributed by atoms with Crippen molar-refractivity contribution in [3.05, 3.63) is 15.1 Å². The van der Waals surface area contributed by atoms with E-state index in [9.17, 15) is 13.2 Å². The highest BCUT2D eigenvalue weighted by Crippen LogP contribution is 2.23. The van der Waals surface area contributed by atoms with E-state index in [0.29, 0.717) is 17.9 Å². The van der Waals surface area contributed by atoms with Crippen LogP contribution in [-0.2, 0) is 12.8 Å². The molecule has 0 aliphatic carbocycles. The Morgan fingerprint density at radius 3 is 2.38 bits per heavy atom. The normalized spacial score (nSPS) is 11.6. The summed E-state index contributed by atoms with van der Waals surface area (Å²) in [7, 11) is 1.63. The highest BCUT2D eigenvalue weighted by Gasteiger charge is 2.30. The van der Waals surface area contributed by atoms with Crippen molar-refractivity contribution in [1.29, 1.82) is 0 Å². The predicted molar refractivity (Wildman–Crippen MR) is 63.4 cm³/mol. The van der Waals surface area contributed by atoms with E-state index in [1.54, 1.807) is 7.05 Å². The molecule has 0 spiro atoms. The number of hydrogen-bond acceptors (Lipinski definition) is 3. The minimum Gasteiger partial charge on any atom is -0.372 e. The molecule has 1 aromatic heterocycles. The van der Waals surface area contributed by atoms with Crippen molar-refractivity contribution < 1.29 is 13.2 Å². The molecule has 1 N–H and O–H groups in total. The third-order valence-electron chi connectivity index (χ3n) is 1.90. The highest BCUT2D eigenvalue weighted by molar-refractivity contribution is 14.1. The van der Waals surface area contributed by atoms with Crippen LogP contribution in [0.15, 0.2) is 0 Å². The Balaban J connectivity index is 3.12. The maximum Gasteiger partial charge on any atom is 0.396 e. The Hall–Kier alpha value is -0.600. The van der Waals surface area contributed by atoms with Gasteiger partial charge in [-0.05, 0) is 29.0 Å². The molecular weight excluding hydrogens is 334 g/mol. The second-order valence-electron chi connectivity index (χ2n) is 3.14. The van der Waals surface area contributed by atoms with E-state index >= 15 is 0 Å². The molecule has 1 rings (SSSR count). The lowest BCUT2D eigenvalue weighted by molar-refractivity contribution is -0.128. The predicted octanol–water partition coefficient (Wildman–Crippen LogP) is 2.79. The maximum absolute atomic E-state index is 12.2. The second-order valence-corrected chi connectivity index (χ2v) is 4.22. The number of rotatable bonds is 3. The number of hydrogen-bond donors (Lipinski definition) is 1. The molecule has 0 atom stereocenters. The lowest BCUT2D eigenvalue weighted by Gasteiger charge is -2.11. The first-order chi connectivity index (χ1) is 7.37. The number of alkyl halides is 3. The molecule has 1 heterocycles. The third kappa shape index (κ3) is 3.46. The Morgan fingerprint density at radius 2 is 1.94 bits per heavy atom. The summed E-state index contributed by atoms with van der Waals surface area (Å²) in [6, 6.07) is 0. The van der Waals surface area contributed by atoms with Gasteiger partial charge >= 0.3 is 6.18 Å². The number of aromatic nitrogens is 2. The van der Waals surface area contributed by atoms with E-state index in [1.807, 2.05) is 29.5 Å². The Labute approximate surface area is 105 Å². The number of anilines is 1. The van der Waals surface area contributed by atoms with Gasteiger partial charge in [-0.3, -0.25) is 0 Å². The zero-order valence-electron chi connectivity index (χ0n) is 8.82. The van der Waals surface area contributed by atoms with Crippen LogP contribution in [0.3, 0.4) is 0 Å². The molecule has 0 aliphatic heterocycles. The fourth-order valence-corrected chi connectivity index (χ4v) is 2.10. The van der Waals surface area contributed by atoms with Gasteiger partial charge in [0.15, 0.2) is 0 Å². The van der Waals surface area contributed by atoms with Gasteiger partial charge in [-0.25, -0.2) is 9.97 Å². The van der Waals surface area contributed by atoms with Crippen LogP contribution in [0.1, 0.15) is 18.4 Å². The molecule has 0 amide bonds. The standard InChI is InChI=1S/C9H11F3IN3/c1-3-5-7(13)8(14-2)16-6(15-5)4-9(10,11)12/h3-4H2,1-2H3,(H,14,15,16). The molecule has 90 valence electrons. The monoisotopic (exact) mass is 345 g/mol. The number of nitrogens with one attached hydrogen (secondary N) is 1. The lowest BCUT2D eigenvalue weighted by atomic mass is 10.3. The van der Waals surface area contributed by atoms with Gasteiger partial charge < -0.3 is 5.32 Å². The summed E-state index contributed by atoms with van der Waals surface area (Å²) in [5.41, 5.74) is 0.638.